The minimum absolute atomic E-state index is 0.00860. The van der Waals surface area contributed by atoms with Gasteiger partial charge in [-0.05, 0) is 61.2 Å². The van der Waals surface area contributed by atoms with E-state index in [0.717, 1.165) is 35.3 Å². The molecule has 1 unspecified atom stereocenters. The van der Waals surface area contributed by atoms with Crippen molar-refractivity contribution < 1.29 is 0 Å². The zero-order valence-corrected chi connectivity index (χ0v) is 17.2. The van der Waals surface area contributed by atoms with Crippen LogP contribution in [0, 0.1) is 6.92 Å². The van der Waals surface area contributed by atoms with Crippen molar-refractivity contribution in [2.24, 2.45) is 0 Å². The van der Waals surface area contributed by atoms with Crippen molar-refractivity contribution in [2.45, 2.75) is 32.2 Å². The van der Waals surface area contributed by atoms with Crippen LogP contribution in [0.2, 0.25) is 0 Å². The van der Waals surface area contributed by atoms with E-state index in [1.54, 1.807) is 10.6 Å². The van der Waals surface area contributed by atoms with Crippen LogP contribution in [0.1, 0.15) is 35.7 Å². The number of hydrogen-bond acceptors (Lipinski definition) is 2. The molecule has 1 saturated heterocycles. The average Bonchev–Trinajstić information content (AvgIpc) is 3.37. The first-order valence-corrected chi connectivity index (χ1v) is 10.9. The highest BCUT2D eigenvalue weighted by Crippen LogP contribution is 2.41. The molecule has 30 heavy (non-hydrogen) atoms. The number of rotatable bonds is 2. The Morgan fingerprint density at radius 1 is 0.967 bits per heavy atom. The summed E-state index contributed by atoms with van der Waals surface area (Å²) in [6.07, 6.45) is 5.51. The third kappa shape index (κ3) is 2.75. The van der Waals surface area contributed by atoms with Crippen LogP contribution < -0.4 is 5.56 Å². The smallest absolute Gasteiger partial charge is 0.255 e. The maximum atomic E-state index is 12.9. The maximum Gasteiger partial charge on any atom is 0.255 e. The van der Waals surface area contributed by atoms with Crippen LogP contribution >= 0.6 is 0 Å². The zero-order valence-electron chi connectivity index (χ0n) is 17.2. The van der Waals surface area contributed by atoms with Gasteiger partial charge in [0.05, 0.1) is 5.69 Å². The zero-order chi connectivity index (χ0) is 20.2. The van der Waals surface area contributed by atoms with E-state index in [9.17, 15) is 4.79 Å². The first-order chi connectivity index (χ1) is 14.7. The summed E-state index contributed by atoms with van der Waals surface area (Å²) < 4.78 is 1.73. The van der Waals surface area contributed by atoms with Gasteiger partial charge in [-0.15, -0.1) is 0 Å². The molecule has 6 rings (SSSR count). The molecule has 1 atom stereocenters. The van der Waals surface area contributed by atoms with E-state index in [4.69, 9.17) is 0 Å². The molecule has 0 bridgehead atoms. The van der Waals surface area contributed by atoms with Crippen molar-refractivity contribution in [1.29, 1.82) is 0 Å². The third-order valence-electron chi connectivity index (χ3n) is 6.83. The highest BCUT2D eigenvalue weighted by Gasteiger charge is 2.33. The number of H-pyrrole nitrogens is 1. The molecule has 0 aliphatic carbocycles. The van der Waals surface area contributed by atoms with Crippen LogP contribution in [0.15, 0.2) is 65.6 Å². The summed E-state index contributed by atoms with van der Waals surface area (Å²) in [7, 11) is 0. The van der Waals surface area contributed by atoms with Gasteiger partial charge in [-0.25, -0.2) is 0 Å². The fraction of sp³-hybridized carbons (Fsp3) is 0.269. The highest BCUT2D eigenvalue weighted by molar-refractivity contribution is 5.87. The number of pyridine rings is 1. The summed E-state index contributed by atoms with van der Waals surface area (Å²) in [5, 5.41) is 1.31. The number of nitrogens with one attached hydrogen (secondary N) is 1. The number of aromatic nitrogens is 2. The molecule has 2 aliphatic rings. The van der Waals surface area contributed by atoms with Gasteiger partial charge in [-0.3, -0.25) is 14.3 Å². The lowest BCUT2D eigenvalue weighted by Gasteiger charge is -2.29. The van der Waals surface area contributed by atoms with Gasteiger partial charge in [0.2, 0.25) is 0 Å². The van der Waals surface area contributed by atoms with E-state index < -0.39 is 0 Å². The summed E-state index contributed by atoms with van der Waals surface area (Å²) in [4.78, 5) is 19.2. The SMILES string of the molecule is Cc1ccc(-c2ccn(-c3ccc4c5c([nH]c4c3)CCN3CCCC53)c(=O)c2)cc1. The van der Waals surface area contributed by atoms with Crippen molar-refractivity contribution >= 4 is 10.9 Å². The van der Waals surface area contributed by atoms with Crippen LogP contribution in [0.4, 0.5) is 0 Å². The molecule has 4 nitrogen and oxygen atoms in total. The number of aryl methyl sites for hydroxylation is 1. The minimum Gasteiger partial charge on any atom is -0.358 e. The number of nitrogens with zero attached hydrogens (tertiary/aromatic N) is 2. The number of fused-ring (bicyclic) bond motifs is 5. The minimum atomic E-state index is -0.00860. The van der Waals surface area contributed by atoms with Crippen molar-refractivity contribution in [3.05, 3.63) is 88.0 Å². The third-order valence-corrected chi connectivity index (χ3v) is 6.83. The lowest BCUT2D eigenvalue weighted by Crippen LogP contribution is -2.30. The largest absolute Gasteiger partial charge is 0.358 e. The van der Waals surface area contributed by atoms with Crippen molar-refractivity contribution in [2.75, 3.05) is 13.1 Å². The Hall–Kier alpha value is -3.11. The van der Waals surface area contributed by atoms with Crippen LogP contribution in [0.3, 0.4) is 0 Å². The molecule has 0 saturated carbocycles. The normalized spacial score (nSPS) is 18.5. The number of aromatic amines is 1. The van der Waals surface area contributed by atoms with Crippen LogP contribution in [-0.4, -0.2) is 27.5 Å². The Balaban J connectivity index is 1.40. The molecule has 4 heterocycles. The molecule has 2 aromatic heterocycles. The molecular formula is C26H25N3O. The Kier molecular flexibility index (Phi) is 3.96. The van der Waals surface area contributed by atoms with Gasteiger partial charge >= 0.3 is 0 Å². The number of benzene rings is 2. The topological polar surface area (TPSA) is 41.0 Å². The Labute approximate surface area is 175 Å². The lowest BCUT2D eigenvalue weighted by molar-refractivity contribution is 0.244. The molecule has 1 fully saturated rings. The van der Waals surface area contributed by atoms with Gasteiger partial charge in [0.25, 0.3) is 5.56 Å². The molecule has 2 aromatic carbocycles. The van der Waals surface area contributed by atoms with E-state index in [0.29, 0.717) is 6.04 Å². The Morgan fingerprint density at radius 2 is 1.83 bits per heavy atom. The van der Waals surface area contributed by atoms with E-state index in [1.165, 1.54) is 41.6 Å². The quantitative estimate of drug-likeness (QED) is 0.520. The molecule has 4 heteroatoms. The molecule has 0 radical (unpaired) electrons. The van der Waals surface area contributed by atoms with Crippen LogP contribution in [-0.2, 0) is 6.42 Å². The second-order valence-corrected chi connectivity index (χ2v) is 8.68. The second kappa shape index (κ2) is 6.71. The first kappa shape index (κ1) is 17.7. The predicted octanol–water partition coefficient (Wildman–Crippen LogP) is 4.99. The van der Waals surface area contributed by atoms with Crippen LogP contribution in [0.25, 0.3) is 27.7 Å². The standard InChI is InChI=1S/C26H25N3O/c1-17-4-6-18(7-5-17)19-10-14-29(25(30)15-19)20-8-9-21-23(16-20)27-22-11-13-28-12-2-3-24(28)26(21)22/h4-10,14-16,24,27H,2-3,11-13H2,1H3. The van der Waals surface area contributed by atoms with E-state index >= 15 is 0 Å². The van der Waals surface area contributed by atoms with E-state index in [2.05, 4.69) is 59.3 Å². The monoisotopic (exact) mass is 395 g/mol. The predicted molar refractivity (Wildman–Crippen MR) is 121 cm³/mol. The molecule has 0 spiro atoms. The second-order valence-electron chi connectivity index (χ2n) is 8.68. The molecule has 0 amide bonds. The molecule has 4 aromatic rings. The lowest BCUT2D eigenvalue weighted by atomic mass is 9.96. The van der Waals surface area contributed by atoms with Gasteiger partial charge in [0.15, 0.2) is 0 Å². The summed E-state index contributed by atoms with van der Waals surface area (Å²) in [5.74, 6) is 0. The van der Waals surface area contributed by atoms with Gasteiger partial charge in [0, 0.05) is 47.9 Å². The van der Waals surface area contributed by atoms with Crippen molar-refractivity contribution in [3.8, 4) is 16.8 Å². The van der Waals surface area contributed by atoms with Crippen LogP contribution in [0.5, 0.6) is 0 Å². The summed E-state index contributed by atoms with van der Waals surface area (Å²) in [5.41, 5.74) is 8.15. The van der Waals surface area contributed by atoms with Gasteiger partial charge in [0.1, 0.15) is 0 Å². The summed E-state index contributed by atoms with van der Waals surface area (Å²) >= 11 is 0. The molecular weight excluding hydrogens is 370 g/mol. The van der Waals surface area contributed by atoms with Gasteiger partial charge in [-0.1, -0.05) is 35.9 Å². The first-order valence-electron chi connectivity index (χ1n) is 10.9. The van der Waals surface area contributed by atoms with Gasteiger partial charge in [-0.2, -0.15) is 0 Å². The summed E-state index contributed by atoms with van der Waals surface area (Å²) in [6.45, 7) is 4.44. The highest BCUT2D eigenvalue weighted by atomic mass is 16.1. The Bertz CT molecular complexity index is 1310. The average molecular weight is 396 g/mol. The molecule has 2 aliphatic heterocycles. The van der Waals surface area contributed by atoms with E-state index in [-0.39, 0.29) is 5.56 Å². The van der Waals surface area contributed by atoms with E-state index in [1.807, 2.05) is 12.3 Å². The van der Waals surface area contributed by atoms with Crippen molar-refractivity contribution in [3.63, 3.8) is 0 Å². The fourth-order valence-corrected chi connectivity index (χ4v) is 5.28. The summed E-state index contributed by atoms with van der Waals surface area (Å²) in [6, 6.07) is 19.0. The fourth-order valence-electron chi connectivity index (χ4n) is 5.28. The number of hydrogen-bond donors (Lipinski definition) is 1. The Morgan fingerprint density at radius 3 is 2.67 bits per heavy atom. The van der Waals surface area contributed by atoms with Crippen molar-refractivity contribution in [1.82, 2.24) is 14.5 Å². The molecule has 1 N–H and O–H groups in total. The maximum absolute atomic E-state index is 12.9. The molecule has 150 valence electrons. The van der Waals surface area contributed by atoms with Gasteiger partial charge < -0.3 is 4.98 Å².